The Morgan fingerprint density at radius 2 is 1.79 bits per heavy atom. The van der Waals surface area contributed by atoms with Crippen molar-refractivity contribution in [2.75, 3.05) is 18.8 Å². The maximum atomic E-state index is 12.8. The maximum Gasteiger partial charge on any atom is 0.272 e. The maximum absolute atomic E-state index is 12.8. The minimum Gasteiger partial charge on any atom is -0.399 e. The van der Waals surface area contributed by atoms with Crippen LogP contribution in [0.5, 0.6) is 0 Å². The van der Waals surface area contributed by atoms with Gasteiger partial charge in [-0.25, -0.2) is 4.98 Å². The first kappa shape index (κ1) is 14.8. The van der Waals surface area contributed by atoms with Gasteiger partial charge in [0.2, 0.25) is 0 Å². The number of aromatic nitrogens is 2. The minimum absolute atomic E-state index is 0.0663. The van der Waals surface area contributed by atoms with Gasteiger partial charge < -0.3 is 10.6 Å². The van der Waals surface area contributed by atoms with E-state index in [0.717, 1.165) is 48.4 Å². The smallest absolute Gasteiger partial charge is 0.272 e. The first-order valence-corrected chi connectivity index (χ1v) is 8.35. The summed E-state index contributed by atoms with van der Waals surface area (Å²) < 4.78 is 1.89. The average Bonchev–Trinajstić information content (AvgIpc) is 3.07. The van der Waals surface area contributed by atoms with E-state index in [1.165, 1.54) is 6.42 Å². The van der Waals surface area contributed by atoms with Crippen LogP contribution in [0.2, 0.25) is 0 Å². The van der Waals surface area contributed by atoms with Crippen molar-refractivity contribution in [3.05, 3.63) is 54.5 Å². The number of pyridine rings is 1. The van der Waals surface area contributed by atoms with Crippen LogP contribution in [0.3, 0.4) is 0 Å². The number of carbonyl (C=O) groups excluding carboxylic acids is 1. The molecule has 3 aromatic rings. The fraction of sp³-hybridized carbons (Fsp3) is 0.263. The second kappa shape index (κ2) is 6.00. The average molecular weight is 320 g/mol. The standard InChI is InChI=1S/C19H20N4O/c20-15-8-6-14(7-9-15)16-5-4-12-23-17(13-21-18(16)23)19(24)22-10-2-1-3-11-22/h4-9,12-13H,1-3,10-11,20H2. The highest BCUT2D eigenvalue weighted by Gasteiger charge is 2.22. The largest absolute Gasteiger partial charge is 0.399 e. The van der Waals surface area contributed by atoms with Gasteiger partial charge in [0.1, 0.15) is 11.3 Å². The first-order chi connectivity index (χ1) is 11.7. The molecule has 5 heteroatoms. The van der Waals surface area contributed by atoms with E-state index in [1.54, 1.807) is 6.20 Å². The van der Waals surface area contributed by atoms with Crippen LogP contribution < -0.4 is 5.73 Å². The van der Waals surface area contributed by atoms with Gasteiger partial charge in [0.25, 0.3) is 5.91 Å². The molecule has 1 fully saturated rings. The Morgan fingerprint density at radius 1 is 1.04 bits per heavy atom. The van der Waals surface area contributed by atoms with Crippen molar-refractivity contribution in [2.24, 2.45) is 0 Å². The molecule has 3 heterocycles. The van der Waals surface area contributed by atoms with Crippen LogP contribution in [0, 0.1) is 0 Å². The third kappa shape index (κ3) is 2.52. The van der Waals surface area contributed by atoms with Gasteiger partial charge in [-0.05, 0) is 49.1 Å². The summed E-state index contributed by atoms with van der Waals surface area (Å²) >= 11 is 0. The van der Waals surface area contributed by atoms with Gasteiger partial charge in [0.15, 0.2) is 0 Å². The molecular weight excluding hydrogens is 300 g/mol. The Hall–Kier alpha value is -2.82. The molecule has 1 amide bonds. The van der Waals surface area contributed by atoms with E-state index in [0.29, 0.717) is 5.69 Å². The van der Waals surface area contributed by atoms with E-state index in [1.807, 2.05) is 51.9 Å². The molecule has 0 bridgehead atoms. The predicted octanol–water partition coefficient (Wildman–Crippen LogP) is 3.21. The molecule has 0 saturated carbocycles. The van der Waals surface area contributed by atoms with E-state index in [2.05, 4.69) is 4.98 Å². The van der Waals surface area contributed by atoms with Crippen molar-refractivity contribution in [1.29, 1.82) is 0 Å². The zero-order valence-electron chi connectivity index (χ0n) is 13.5. The highest BCUT2D eigenvalue weighted by molar-refractivity contribution is 5.94. The number of carbonyl (C=O) groups is 1. The quantitative estimate of drug-likeness (QED) is 0.737. The van der Waals surface area contributed by atoms with Crippen LogP contribution >= 0.6 is 0 Å². The predicted molar refractivity (Wildman–Crippen MR) is 94.8 cm³/mol. The van der Waals surface area contributed by atoms with Gasteiger partial charge in [-0.2, -0.15) is 0 Å². The molecule has 1 aromatic carbocycles. The number of fused-ring (bicyclic) bond motifs is 1. The van der Waals surface area contributed by atoms with E-state index in [-0.39, 0.29) is 5.91 Å². The third-order valence-corrected chi connectivity index (χ3v) is 4.62. The van der Waals surface area contributed by atoms with Crippen LogP contribution in [0.15, 0.2) is 48.8 Å². The highest BCUT2D eigenvalue weighted by atomic mass is 16.2. The molecule has 1 saturated heterocycles. The summed E-state index contributed by atoms with van der Waals surface area (Å²) in [6.45, 7) is 1.67. The summed E-state index contributed by atoms with van der Waals surface area (Å²) in [7, 11) is 0. The number of hydrogen-bond acceptors (Lipinski definition) is 3. The number of rotatable bonds is 2. The van der Waals surface area contributed by atoms with Crippen molar-refractivity contribution in [2.45, 2.75) is 19.3 Å². The summed E-state index contributed by atoms with van der Waals surface area (Å²) in [6, 6.07) is 11.7. The fourth-order valence-electron chi connectivity index (χ4n) is 3.32. The van der Waals surface area contributed by atoms with Crippen molar-refractivity contribution < 1.29 is 4.79 Å². The number of piperidine rings is 1. The number of imidazole rings is 1. The molecule has 0 aliphatic carbocycles. The molecule has 0 spiro atoms. The number of likely N-dealkylation sites (tertiary alicyclic amines) is 1. The molecule has 4 rings (SSSR count). The normalized spacial score (nSPS) is 14.9. The summed E-state index contributed by atoms with van der Waals surface area (Å²) in [4.78, 5) is 19.3. The van der Waals surface area contributed by atoms with E-state index >= 15 is 0 Å². The molecular formula is C19H20N4O. The number of nitrogen functional groups attached to an aromatic ring is 1. The van der Waals surface area contributed by atoms with Gasteiger partial charge >= 0.3 is 0 Å². The second-order valence-corrected chi connectivity index (χ2v) is 6.23. The molecule has 0 unspecified atom stereocenters. The zero-order chi connectivity index (χ0) is 16.5. The van der Waals surface area contributed by atoms with E-state index < -0.39 is 0 Å². The molecule has 2 aromatic heterocycles. The number of nitrogens with zero attached hydrogens (tertiary/aromatic N) is 3. The molecule has 2 N–H and O–H groups in total. The van der Waals surface area contributed by atoms with Gasteiger partial charge in [0, 0.05) is 30.5 Å². The molecule has 0 radical (unpaired) electrons. The van der Waals surface area contributed by atoms with Crippen molar-refractivity contribution in [3.63, 3.8) is 0 Å². The van der Waals surface area contributed by atoms with Gasteiger partial charge in [0.05, 0.1) is 6.20 Å². The van der Waals surface area contributed by atoms with E-state index in [4.69, 9.17) is 5.73 Å². The lowest BCUT2D eigenvalue weighted by Gasteiger charge is -2.26. The Morgan fingerprint density at radius 3 is 2.54 bits per heavy atom. The fourth-order valence-corrected chi connectivity index (χ4v) is 3.32. The number of benzene rings is 1. The lowest BCUT2D eigenvalue weighted by molar-refractivity contribution is 0.0717. The Kier molecular flexibility index (Phi) is 3.69. The van der Waals surface area contributed by atoms with Crippen LogP contribution in [0.1, 0.15) is 29.8 Å². The molecule has 24 heavy (non-hydrogen) atoms. The van der Waals surface area contributed by atoms with Crippen molar-refractivity contribution in [1.82, 2.24) is 14.3 Å². The Labute approximate surface area is 140 Å². The number of hydrogen-bond donors (Lipinski definition) is 1. The summed E-state index contributed by atoms with van der Waals surface area (Å²) in [5, 5.41) is 0. The lowest BCUT2D eigenvalue weighted by Crippen LogP contribution is -2.36. The van der Waals surface area contributed by atoms with Crippen LogP contribution in [0.4, 0.5) is 5.69 Å². The summed E-state index contributed by atoms with van der Waals surface area (Å²) in [6.07, 6.45) is 6.96. The monoisotopic (exact) mass is 320 g/mol. The van der Waals surface area contributed by atoms with Crippen LogP contribution in [0.25, 0.3) is 16.8 Å². The van der Waals surface area contributed by atoms with Gasteiger partial charge in [-0.15, -0.1) is 0 Å². The molecule has 0 atom stereocenters. The zero-order valence-corrected chi connectivity index (χ0v) is 13.5. The minimum atomic E-state index is 0.0663. The lowest BCUT2D eigenvalue weighted by atomic mass is 10.1. The number of anilines is 1. The van der Waals surface area contributed by atoms with Crippen LogP contribution in [-0.2, 0) is 0 Å². The molecule has 5 nitrogen and oxygen atoms in total. The van der Waals surface area contributed by atoms with Gasteiger partial charge in [-0.1, -0.05) is 12.1 Å². The summed E-state index contributed by atoms with van der Waals surface area (Å²) in [5.74, 6) is 0.0663. The molecule has 122 valence electrons. The first-order valence-electron chi connectivity index (χ1n) is 8.35. The van der Waals surface area contributed by atoms with E-state index in [9.17, 15) is 4.79 Å². The Bertz CT molecular complexity index is 876. The topological polar surface area (TPSA) is 63.6 Å². The molecule has 1 aliphatic heterocycles. The third-order valence-electron chi connectivity index (χ3n) is 4.62. The Balaban J connectivity index is 1.76. The van der Waals surface area contributed by atoms with Crippen LogP contribution in [-0.4, -0.2) is 33.3 Å². The van der Waals surface area contributed by atoms with Crippen molar-refractivity contribution >= 4 is 17.2 Å². The van der Waals surface area contributed by atoms with Crippen molar-refractivity contribution in [3.8, 4) is 11.1 Å². The summed E-state index contributed by atoms with van der Waals surface area (Å²) in [5.41, 5.74) is 9.96. The second-order valence-electron chi connectivity index (χ2n) is 6.23. The highest BCUT2D eigenvalue weighted by Crippen LogP contribution is 2.26. The molecule has 1 aliphatic rings. The SMILES string of the molecule is Nc1ccc(-c2cccn3c(C(=O)N4CCCCC4)cnc23)cc1. The number of nitrogens with two attached hydrogens (primary N) is 1. The number of amides is 1. The van der Waals surface area contributed by atoms with Gasteiger partial charge in [-0.3, -0.25) is 9.20 Å².